The Bertz CT molecular complexity index is 1120. The molecule has 3 aromatic carbocycles. The van der Waals surface area contributed by atoms with Crippen LogP contribution >= 0.6 is 15.9 Å². The zero-order chi connectivity index (χ0) is 22.4. The molecule has 0 saturated heterocycles. The molecule has 0 saturated carbocycles. The van der Waals surface area contributed by atoms with Gasteiger partial charge in [-0.2, -0.15) is 4.31 Å². The molecule has 0 heterocycles. The predicted octanol–water partition coefficient (Wildman–Crippen LogP) is 4.83. The van der Waals surface area contributed by atoms with Crippen molar-refractivity contribution >= 4 is 31.9 Å². The molecular formula is C24H25BrN2O3S. The lowest BCUT2D eigenvalue weighted by Gasteiger charge is -2.23. The van der Waals surface area contributed by atoms with Crippen LogP contribution in [0, 0.1) is 6.92 Å². The average Bonchev–Trinajstić information content (AvgIpc) is 2.74. The standard InChI is InChI=1S/C24H25BrN2O3S/c1-18-8-14-23(15-9-18)31(29,30)27(16-20-6-4-3-5-7-20)17-24(28)26-19(2)21-10-12-22(25)13-11-21/h3-15,19H,16-17H2,1-2H3,(H,26,28)/t19-/m1/s1. The first-order chi connectivity index (χ1) is 14.8. The minimum atomic E-state index is -3.85. The minimum Gasteiger partial charge on any atom is -0.348 e. The summed E-state index contributed by atoms with van der Waals surface area (Å²) in [7, 11) is -3.85. The zero-order valence-corrected chi connectivity index (χ0v) is 19.9. The van der Waals surface area contributed by atoms with E-state index in [9.17, 15) is 13.2 Å². The molecule has 0 aliphatic carbocycles. The van der Waals surface area contributed by atoms with E-state index in [1.54, 1.807) is 24.3 Å². The Morgan fingerprint density at radius 2 is 1.58 bits per heavy atom. The van der Waals surface area contributed by atoms with Gasteiger partial charge in [-0.3, -0.25) is 4.79 Å². The number of sulfonamides is 1. The number of hydrogen-bond acceptors (Lipinski definition) is 3. The summed E-state index contributed by atoms with van der Waals surface area (Å²) in [6.45, 7) is 3.61. The summed E-state index contributed by atoms with van der Waals surface area (Å²) in [6.07, 6.45) is 0. The molecule has 7 heteroatoms. The molecule has 1 atom stereocenters. The van der Waals surface area contributed by atoms with Crippen molar-refractivity contribution in [1.29, 1.82) is 0 Å². The quantitative estimate of drug-likeness (QED) is 0.481. The summed E-state index contributed by atoms with van der Waals surface area (Å²) in [5.41, 5.74) is 2.72. The van der Waals surface area contributed by atoms with Crippen molar-refractivity contribution in [2.45, 2.75) is 31.3 Å². The lowest BCUT2D eigenvalue weighted by Crippen LogP contribution is -2.41. The van der Waals surface area contributed by atoms with Crippen LogP contribution in [-0.4, -0.2) is 25.2 Å². The number of aryl methyl sites for hydroxylation is 1. The van der Waals surface area contributed by atoms with Gasteiger partial charge < -0.3 is 5.32 Å². The van der Waals surface area contributed by atoms with E-state index < -0.39 is 10.0 Å². The minimum absolute atomic E-state index is 0.108. The monoisotopic (exact) mass is 500 g/mol. The van der Waals surface area contributed by atoms with Crippen LogP contribution in [0.25, 0.3) is 0 Å². The van der Waals surface area contributed by atoms with Gasteiger partial charge in [0.1, 0.15) is 0 Å². The van der Waals surface area contributed by atoms with E-state index in [-0.39, 0.29) is 29.9 Å². The molecule has 1 N–H and O–H groups in total. The molecule has 0 aliphatic heterocycles. The number of carbonyl (C=O) groups excluding carboxylic acids is 1. The third-order valence-corrected chi connectivity index (χ3v) is 7.26. The van der Waals surface area contributed by atoms with Gasteiger partial charge in [0, 0.05) is 11.0 Å². The lowest BCUT2D eigenvalue weighted by molar-refractivity contribution is -0.122. The first kappa shape index (κ1) is 23.2. The Morgan fingerprint density at radius 1 is 0.968 bits per heavy atom. The van der Waals surface area contributed by atoms with Gasteiger partial charge >= 0.3 is 0 Å². The lowest BCUT2D eigenvalue weighted by atomic mass is 10.1. The van der Waals surface area contributed by atoms with Crippen LogP contribution in [0.4, 0.5) is 0 Å². The summed E-state index contributed by atoms with van der Waals surface area (Å²) >= 11 is 3.40. The van der Waals surface area contributed by atoms with Crippen LogP contribution in [0.1, 0.15) is 29.7 Å². The highest BCUT2D eigenvalue weighted by Gasteiger charge is 2.27. The summed E-state index contributed by atoms with van der Waals surface area (Å²) in [6, 6.07) is 23.3. The third kappa shape index (κ3) is 6.26. The SMILES string of the molecule is Cc1ccc(S(=O)(=O)N(CC(=O)N[C@H](C)c2ccc(Br)cc2)Cc2ccccc2)cc1. The van der Waals surface area contributed by atoms with E-state index in [1.807, 2.05) is 68.4 Å². The van der Waals surface area contributed by atoms with Crippen molar-refractivity contribution in [3.63, 3.8) is 0 Å². The van der Waals surface area contributed by atoms with Crippen molar-refractivity contribution < 1.29 is 13.2 Å². The predicted molar refractivity (Wildman–Crippen MR) is 126 cm³/mol. The highest BCUT2D eigenvalue weighted by molar-refractivity contribution is 9.10. The molecule has 162 valence electrons. The largest absolute Gasteiger partial charge is 0.348 e. The molecule has 0 unspecified atom stereocenters. The van der Waals surface area contributed by atoms with Gasteiger partial charge in [0.25, 0.3) is 0 Å². The van der Waals surface area contributed by atoms with Crippen LogP contribution in [0.15, 0.2) is 88.2 Å². The van der Waals surface area contributed by atoms with Crippen molar-refractivity contribution in [3.05, 3.63) is 100 Å². The Balaban J connectivity index is 1.81. The molecule has 1 amide bonds. The number of amides is 1. The molecule has 0 spiro atoms. The van der Waals surface area contributed by atoms with Crippen molar-refractivity contribution in [1.82, 2.24) is 9.62 Å². The number of nitrogens with one attached hydrogen (secondary N) is 1. The van der Waals surface area contributed by atoms with Gasteiger partial charge in [-0.05, 0) is 49.2 Å². The number of benzene rings is 3. The Hall–Kier alpha value is -2.48. The fraction of sp³-hybridized carbons (Fsp3) is 0.208. The fourth-order valence-electron chi connectivity index (χ4n) is 3.15. The van der Waals surface area contributed by atoms with E-state index in [2.05, 4.69) is 21.2 Å². The molecule has 0 fully saturated rings. The van der Waals surface area contributed by atoms with Crippen LogP contribution < -0.4 is 5.32 Å². The fourth-order valence-corrected chi connectivity index (χ4v) is 4.80. The van der Waals surface area contributed by atoms with Gasteiger partial charge in [-0.25, -0.2) is 8.42 Å². The first-order valence-corrected chi connectivity index (χ1v) is 12.1. The molecule has 0 aliphatic rings. The molecule has 0 aromatic heterocycles. The number of rotatable bonds is 8. The van der Waals surface area contributed by atoms with E-state index in [1.165, 1.54) is 4.31 Å². The molecule has 31 heavy (non-hydrogen) atoms. The van der Waals surface area contributed by atoms with E-state index in [4.69, 9.17) is 0 Å². The van der Waals surface area contributed by atoms with Gasteiger partial charge in [0.2, 0.25) is 15.9 Å². The Morgan fingerprint density at radius 3 is 2.19 bits per heavy atom. The van der Waals surface area contributed by atoms with Crippen LogP contribution in [0.3, 0.4) is 0 Å². The summed E-state index contributed by atoms with van der Waals surface area (Å²) in [5.74, 6) is -0.359. The van der Waals surface area contributed by atoms with Gasteiger partial charge in [-0.1, -0.05) is 76.1 Å². The van der Waals surface area contributed by atoms with E-state index in [0.717, 1.165) is 21.2 Å². The molecular weight excluding hydrogens is 476 g/mol. The van der Waals surface area contributed by atoms with Crippen molar-refractivity contribution in [2.75, 3.05) is 6.54 Å². The van der Waals surface area contributed by atoms with Crippen molar-refractivity contribution in [2.24, 2.45) is 0 Å². The van der Waals surface area contributed by atoms with Gasteiger partial charge in [-0.15, -0.1) is 0 Å². The van der Waals surface area contributed by atoms with Gasteiger partial charge in [0.15, 0.2) is 0 Å². The molecule has 5 nitrogen and oxygen atoms in total. The second-order valence-corrected chi connectivity index (χ2v) is 10.3. The number of carbonyl (C=O) groups is 1. The maximum Gasteiger partial charge on any atom is 0.243 e. The topological polar surface area (TPSA) is 66.5 Å². The Kier molecular flexibility index (Phi) is 7.64. The number of halogens is 1. The summed E-state index contributed by atoms with van der Waals surface area (Å²) in [4.78, 5) is 13.0. The number of hydrogen-bond donors (Lipinski definition) is 1. The number of nitrogens with zero attached hydrogens (tertiary/aromatic N) is 1. The third-order valence-electron chi connectivity index (χ3n) is 4.93. The van der Waals surface area contributed by atoms with Crippen LogP contribution in [0.5, 0.6) is 0 Å². The normalized spacial score (nSPS) is 12.5. The van der Waals surface area contributed by atoms with Crippen molar-refractivity contribution in [3.8, 4) is 0 Å². The first-order valence-electron chi connectivity index (χ1n) is 9.91. The second-order valence-electron chi connectivity index (χ2n) is 7.41. The smallest absolute Gasteiger partial charge is 0.243 e. The van der Waals surface area contributed by atoms with Gasteiger partial charge in [0.05, 0.1) is 17.5 Å². The molecule has 0 radical (unpaired) electrons. The zero-order valence-electron chi connectivity index (χ0n) is 17.5. The second kappa shape index (κ2) is 10.2. The van der Waals surface area contributed by atoms with E-state index >= 15 is 0 Å². The molecule has 3 rings (SSSR count). The summed E-state index contributed by atoms with van der Waals surface area (Å²) in [5, 5.41) is 2.90. The van der Waals surface area contributed by atoms with Crippen LogP contribution in [-0.2, 0) is 21.4 Å². The van der Waals surface area contributed by atoms with Crippen LogP contribution in [0.2, 0.25) is 0 Å². The average molecular weight is 501 g/mol. The molecule has 3 aromatic rings. The maximum atomic E-state index is 13.3. The highest BCUT2D eigenvalue weighted by Crippen LogP contribution is 2.20. The Labute approximate surface area is 192 Å². The maximum absolute atomic E-state index is 13.3. The molecule has 0 bridgehead atoms. The summed E-state index contributed by atoms with van der Waals surface area (Å²) < 4.78 is 28.8. The highest BCUT2D eigenvalue weighted by atomic mass is 79.9. The van der Waals surface area contributed by atoms with E-state index in [0.29, 0.717) is 0 Å².